The number of amides is 1. The van der Waals surface area contributed by atoms with Gasteiger partial charge in [0.1, 0.15) is 5.82 Å². The summed E-state index contributed by atoms with van der Waals surface area (Å²) in [5.74, 6) is 1.31. The molecule has 6 nitrogen and oxygen atoms in total. The molecule has 0 radical (unpaired) electrons. The number of rotatable bonds is 4. The summed E-state index contributed by atoms with van der Waals surface area (Å²) in [5, 5.41) is 3.30. The quantitative estimate of drug-likeness (QED) is 0.839. The maximum Gasteiger partial charge on any atom is 0.236 e. The molecular weight excluding hydrogens is 361 g/mol. The first-order valence-corrected chi connectivity index (χ1v) is 8.59. The Morgan fingerprint density at radius 2 is 1.96 bits per heavy atom. The van der Waals surface area contributed by atoms with E-state index in [1.54, 1.807) is 0 Å². The number of hydrogen-bond acceptors (Lipinski definition) is 5. The average Bonchev–Trinajstić information content (AvgIpc) is 2.63. The zero-order valence-electron chi connectivity index (χ0n) is 14.8. The summed E-state index contributed by atoms with van der Waals surface area (Å²) >= 11 is 0. The number of likely N-dealkylation sites (N-methyl/N-ethyl adjacent to an activating group) is 1. The van der Waals surface area contributed by atoms with Gasteiger partial charge in [-0.15, -0.1) is 24.8 Å². The van der Waals surface area contributed by atoms with Gasteiger partial charge < -0.3 is 15.1 Å². The lowest BCUT2D eigenvalue weighted by Crippen LogP contribution is -2.53. The molecule has 2 aliphatic heterocycles. The molecule has 0 aliphatic carbocycles. The lowest BCUT2D eigenvalue weighted by atomic mass is 10.1. The fourth-order valence-electron chi connectivity index (χ4n) is 3.41. The molecule has 0 saturated carbocycles. The van der Waals surface area contributed by atoms with Crippen LogP contribution in [0.2, 0.25) is 0 Å². The van der Waals surface area contributed by atoms with Crippen LogP contribution in [0.4, 0.5) is 5.82 Å². The van der Waals surface area contributed by atoms with E-state index in [1.807, 2.05) is 36.3 Å². The number of aromatic nitrogens is 1. The first-order chi connectivity index (χ1) is 11.3. The molecule has 2 aliphatic rings. The van der Waals surface area contributed by atoms with Gasteiger partial charge in [0, 0.05) is 51.5 Å². The first-order valence-electron chi connectivity index (χ1n) is 8.59. The normalized spacial score (nSPS) is 21.2. The minimum atomic E-state index is 0. The van der Waals surface area contributed by atoms with Crippen LogP contribution >= 0.6 is 24.8 Å². The molecule has 0 spiro atoms. The number of carbonyl (C=O) groups is 1. The van der Waals surface area contributed by atoms with Crippen LogP contribution in [0.15, 0.2) is 24.4 Å². The van der Waals surface area contributed by atoms with Crippen LogP contribution in [-0.2, 0) is 4.79 Å². The fraction of sp³-hybridized carbons (Fsp3) is 0.647. The second-order valence-corrected chi connectivity index (χ2v) is 6.42. The van der Waals surface area contributed by atoms with Crippen LogP contribution < -0.4 is 10.2 Å². The molecule has 1 unspecified atom stereocenters. The summed E-state index contributed by atoms with van der Waals surface area (Å²) in [7, 11) is 1.98. The van der Waals surface area contributed by atoms with Gasteiger partial charge in [-0.05, 0) is 32.0 Å². The van der Waals surface area contributed by atoms with Crippen LogP contribution in [0.25, 0.3) is 0 Å². The van der Waals surface area contributed by atoms with E-state index in [2.05, 4.69) is 20.1 Å². The third kappa shape index (κ3) is 5.99. The Balaban J connectivity index is 0.00000156. The van der Waals surface area contributed by atoms with Gasteiger partial charge in [-0.3, -0.25) is 9.69 Å². The van der Waals surface area contributed by atoms with Gasteiger partial charge in [-0.25, -0.2) is 4.98 Å². The highest BCUT2D eigenvalue weighted by Gasteiger charge is 2.25. The number of halogens is 2. The Hall–Kier alpha value is -1.08. The second kappa shape index (κ2) is 10.8. The number of carbonyl (C=O) groups excluding carboxylic acids is 1. The van der Waals surface area contributed by atoms with Crippen LogP contribution in [0, 0.1) is 0 Å². The zero-order chi connectivity index (χ0) is 16.1. The third-order valence-corrected chi connectivity index (χ3v) is 4.89. The van der Waals surface area contributed by atoms with Crippen LogP contribution in [-0.4, -0.2) is 79.6 Å². The number of pyridine rings is 1. The molecule has 2 saturated heterocycles. The molecule has 1 amide bonds. The SMILES string of the molecule is CNC1CCCN(C(=O)CN2CCN(c3ccccn3)CC2)C1.Cl.Cl. The number of piperidine rings is 1. The summed E-state index contributed by atoms with van der Waals surface area (Å²) in [4.78, 5) is 23.5. The molecule has 8 heteroatoms. The number of likely N-dealkylation sites (tertiary alicyclic amines) is 1. The Morgan fingerprint density at radius 3 is 2.60 bits per heavy atom. The predicted octanol–water partition coefficient (Wildman–Crippen LogP) is 1.26. The Labute approximate surface area is 162 Å². The highest BCUT2D eigenvalue weighted by atomic mass is 35.5. The Kier molecular flexibility index (Phi) is 9.50. The molecule has 0 bridgehead atoms. The first kappa shape index (κ1) is 22.0. The Bertz CT molecular complexity index is 511. The van der Waals surface area contributed by atoms with E-state index >= 15 is 0 Å². The molecule has 142 valence electrons. The number of nitrogens with one attached hydrogen (secondary N) is 1. The molecule has 1 aromatic rings. The minimum absolute atomic E-state index is 0. The van der Waals surface area contributed by atoms with Gasteiger partial charge in [-0.2, -0.15) is 0 Å². The molecular formula is C17H29Cl2N5O. The van der Waals surface area contributed by atoms with Gasteiger partial charge in [0.15, 0.2) is 0 Å². The molecule has 3 rings (SSSR count). The predicted molar refractivity (Wildman–Crippen MR) is 106 cm³/mol. The van der Waals surface area contributed by atoms with E-state index in [-0.39, 0.29) is 30.7 Å². The molecule has 2 fully saturated rings. The van der Waals surface area contributed by atoms with Crippen molar-refractivity contribution in [1.29, 1.82) is 0 Å². The standard InChI is InChI=1S/C17H27N5O.2ClH/c1-18-15-5-4-8-22(13-15)17(23)14-20-9-11-21(12-10-20)16-6-2-3-7-19-16;;/h2-3,6-7,15,18H,4-5,8-14H2,1H3;2*1H. The van der Waals surface area contributed by atoms with Crippen molar-refractivity contribution < 1.29 is 4.79 Å². The lowest BCUT2D eigenvalue weighted by molar-refractivity contribution is -0.133. The van der Waals surface area contributed by atoms with Gasteiger partial charge in [0.05, 0.1) is 6.54 Å². The van der Waals surface area contributed by atoms with Crippen molar-refractivity contribution in [3.05, 3.63) is 24.4 Å². The number of anilines is 1. The number of nitrogens with zero attached hydrogens (tertiary/aromatic N) is 4. The summed E-state index contributed by atoms with van der Waals surface area (Å²) in [6, 6.07) is 6.46. The molecule has 1 N–H and O–H groups in total. The van der Waals surface area contributed by atoms with Crippen LogP contribution in [0.3, 0.4) is 0 Å². The summed E-state index contributed by atoms with van der Waals surface area (Å²) in [5.41, 5.74) is 0. The zero-order valence-corrected chi connectivity index (χ0v) is 16.4. The highest BCUT2D eigenvalue weighted by molar-refractivity contribution is 5.85. The maximum atomic E-state index is 12.5. The van der Waals surface area contributed by atoms with E-state index < -0.39 is 0 Å². The molecule has 1 atom stereocenters. The van der Waals surface area contributed by atoms with E-state index in [0.717, 1.165) is 51.5 Å². The average molecular weight is 390 g/mol. The number of hydrogen-bond donors (Lipinski definition) is 1. The lowest BCUT2D eigenvalue weighted by Gasteiger charge is -2.37. The van der Waals surface area contributed by atoms with Crippen molar-refractivity contribution in [2.75, 3.05) is 57.8 Å². The topological polar surface area (TPSA) is 51.7 Å². The van der Waals surface area contributed by atoms with E-state index in [4.69, 9.17) is 0 Å². The van der Waals surface area contributed by atoms with Gasteiger partial charge in [-0.1, -0.05) is 6.07 Å². The minimum Gasteiger partial charge on any atom is -0.354 e. The summed E-state index contributed by atoms with van der Waals surface area (Å²) < 4.78 is 0. The molecule has 1 aromatic heterocycles. The van der Waals surface area contributed by atoms with Crippen molar-refractivity contribution in [1.82, 2.24) is 20.1 Å². The maximum absolute atomic E-state index is 12.5. The highest BCUT2D eigenvalue weighted by Crippen LogP contribution is 2.14. The largest absolute Gasteiger partial charge is 0.354 e. The molecule has 0 aromatic carbocycles. The van der Waals surface area contributed by atoms with E-state index in [0.29, 0.717) is 12.6 Å². The van der Waals surface area contributed by atoms with Crippen molar-refractivity contribution in [3.8, 4) is 0 Å². The summed E-state index contributed by atoms with van der Waals surface area (Å²) in [6.07, 6.45) is 4.10. The van der Waals surface area contributed by atoms with Crippen molar-refractivity contribution in [3.63, 3.8) is 0 Å². The fourth-order valence-corrected chi connectivity index (χ4v) is 3.41. The van der Waals surface area contributed by atoms with Gasteiger partial charge >= 0.3 is 0 Å². The molecule has 25 heavy (non-hydrogen) atoms. The third-order valence-electron chi connectivity index (χ3n) is 4.89. The van der Waals surface area contributed by atoms with E-state index in [1.165, 1.54) is 6.42 Å². The van der Waals surface area contributed by atoms with Gasteiger partial charge in [0.2, 0.25) is 5.91 Å². The van der Waals surface area contributed by atoms with Crippen LogP contribution in [0.5, 0.6) is 0 Å². The van der Waals surface area contributed by atoms with Crippen molar-refractivity contribution in [2.24, 2.45) is 0 Å². The van der Waals surface area contributed by atoms with Crippen molar-refractivity contribution >= 4 is 36.5 Å². The van der Waals surface area contributed by atoms with Crippen LogP contribution in [0.1, 0.15) is 12.8 Å². The van der Waals surface area contributed by atoms with Gasteiger partial charge in [0.25, 0.3) is 0 Å². The van der Waals surface area contributed by atoms with E-state index in [9.17, 15) is 4.79 Å². The smallest absolute Gasteiger partial charge is 0.236 e. The monoisotopic (exact) mass is 389 g/mol. The van der Waals surface area contributed by atoms with Crippen molar-refractivity contribution in [2.45, 2.75) is 18.9 Å². The number of piperazine rings is 1. The second-order valence-electron chi connectivity index (χ2n) is 6.42. The Morgan fingerprint density at radius 1 is 1.20 bits per heavy atom. The summed E-state index contributed by atoms with van der Waals surface area (Å²) in [6.45, 7) is 6.02. The molecule has 3 heterocycles.